The average molecular weight is 1520 g/mol. The molecule has 1 heterocycles. The first kappa shape index (κ1) is 69.1. The number of hydrogen-bond acceptors (Lipinski definition) is 19. The fourth-order valence-electron chi connectivity index (χ4n) is 12.5. The third-order valence-corrected chi connectivity index (χ3v) is 30.1. The van der Waals surface area contributed by atoms with Crippen molar-refractivity contribution in [1.29, 1.82) is 0 Å². The second kappa shape index (κ2) is 29.8. The van der Waals surface area contributed by atoms with Crippen molar-refractivity contribution < 1.29 is 66.6 Å². The van der Waals surface area contributed by atoms with Crippen molar-refractivity contribution in [3.63, 3.8) is 0 Å². The number of phenolic OH excluding ortho intramolecular Hbond substituents is 4. The van der Waals surface area contributed by atoms with Crippen LogP contribution in [0.1, 0.15) is 0 Å². The molecule has 0 saturated carbocycles. The monoisotopic (exact) mass is 1520 g/mol. The molecule has 0 aliphatic carbocycles. The standard InChI is InChI=1S/C84H64N5O14P5/c90-65-43-51-69(52-44-65)99-107(100-70-53-45-66(91)46-54-70)86-104-85-105(97-82-40-16-28-62-22-4-10-34-76(62)82)87(94-79-37-13-25-59-19-1-7-31-73(59)79)106(98-83-41-17-29-63-23-5-11-35-77(63)83)88(95-80-38-14-26-60-20-2-8-32-74(60)80)108(101-71-55-47-67(92)48-56-71,102-72-57-49-68(93)50-58-72,103-84-42-18-30-64-24-6-12-36-78(64)84)89(107)96-81-39-15-27-61-21-3-9-33-75(61)81/h1-58,85,90-93,104H. The molecule has 24 heteroatoms. The minimum atomic E-state index is -7.40. The van der Waals surface area contributed by atoms with Gasteiger partial charge in [0, 0.05) is 0 Å². The van der Waals surface area contributed by atoms with Crippen molar-refractivity contribution in [2.75, 3.05) is 0 Å². The zero-order chi connectivity index (χ0) is 73.0. The van der Waals surface area contributed by atoms with Crippen molar-refractivity contribution in [3.05, 3.63) is 352 Å². The predicted octanol–water partition coefficient (Wildman–Crippen LogP) is 23.8. The number of benzene rings is 16. The molecule has 16 aromatic rings. The fraction of sp³-hybridized carbons (Fsp3) is 0. The molecular weight excluding hydrogens is 1460 g/mol. The molecule has 5 N–H and O–H groups in total. The Hall–Kier alpha value is -11.9. The number of rotatable bonds is 20. The van der Waals surface area contributed by atoms with Crippen LogP contribution in [0.5, 0.6) is 80.5 Å². The maximum absolute atomic E-state index is 11.6. The van der Waals surface area contributed by atoms with Gasteiger partial charge in [-0.15, -0.1) is 0 Å². The van der Waals surface area contributed by atoms with E-state index in [1.807, 2.05) is 237 Å². The van der Waals surface area contributed by atoms with Crippen LogP contribution in [0.15, 0.2) is 356 Å². The van der Waals surface area contributed by atoms with E-state index in [9.17, 15) is 20.4 Å². The van der Waals surface area contributed by atoms with Gasteiger partial charge in [-0.1, -0.05) is 0 Å². The summed E-state index contributed by atoms with van der Waals surface area (Å²) in [7, 11) is -19.8. The Labute approximate surface area is 624 Å². The van der Waals surface area contributed by atoms with Crippen LogP contribution in [0, 0.1) is 0 Å². The minimum absolute atomic E-state index is 0.0408. The maximum atomic E-state index is 11.6. The first-order valence-corrected chi connectivity index (χ1v) is 40.8. The van der Waals surface area contributed by atoms with Gasteiger partial charge in [0.15, 0.2) is 0 Å². The van der Waals surface area contributed by atoms with E-state index in [1.54, 1.807) is 22.8 Å². The predicted molar refractivity (Wildman–Crippen MR) is 429 cm³/mol. The SMILES string of the molecule is Oc1ccc(OP2(Oc3ccc(O)cc3)=NPNP(Oc3cccc4ccccc34)N(Oc3cccc4ccccc34)P(Oc3cccc4ccccc34)N(Oc3cccc4ccccc34)P(Oc3ccc(O)cc3)(Oc3ccc(O)cc3)(Oc3cccc4ccccc34)N2Oc2cccc3ccccc23)cc1. The Balaban J connectivity index is 1.13. The summed E-state index contributed by atoms with van der Waals surface area (Å²) in [5.74, 6) is 0.686. The Bertz CT molecular complexity index is 5910. The van der Waals surface area contributed by atoms with E-state index in [-0.39, 0.29) is 69.0 Å². The van der Waals surface area contributed by atoms with E-state index < -0.39 is 41.0 Å². The Morgan fingerprint density at radius 1 is 0.306 bits per heavy atom. The van der Waals surface area contributed by atoms with E-state index in [2.05, 4.69) is 4.86 Å². The number of fused-ring (bicyclic) bond motifs is 6. The molecule has 3 unspecified atom stereocenters. The summed E-state index contributed by atoms with van der Waals surface area (Å²) >= 11 is 0. The molecule has 0 amide bonds. The third-order valence-electron chi connectivity index (χ3n) is 17.5. The number of nitrogens with one attached hydrogen (secondary N) is 1. The number of phenols is 4. The summed E-state index contributed by atoms with van der Waals surface area (Å²) in [6.45, 7) is 0. The van der Waals surface area contributed by atoms with E-state index in [1.165, 1.54) is 106 Å². The third kappa shape index (κ3) is 13.8. The van der Waals surface area contributed by atoms with Gasteiger partial charge in [-0.2, -0.15) is 0 Å². The van der Waals surface area contributed by atoms with Gasteiger partial charge in [-0.05, 0) is 0 Å². The van der Waals surface area contributed by atoms with Crippen molar-refractivity contribution in [1.82, 2.24) is 18.7 Å². The van der Waals surface area contributed by atoms with Crippen LogP contribution in [-0.4, -0.2) is 34.2 Å². The van der Waals surface area contributed by atoms with E-state index in [0.717, 1.165) is 26.9 Å². The van der Waals surface area contributed by atoms with Crippen molar-refractivity contribution in [2.45, 2.75) is 0 Å². The molecule has 0 aromatic heterocycles. The molecular formula is C84H64N5O14P5. The quantitative estimate of drug-likeness (QED) is 0.0450. The molecule has 17 rings (SSSR count). The molecule has 0 bridgehead atoms. The Morgan fingerprint density at radius 3 is 1.01 bits per heavy atom. The molecule has 0 spiro atoms. The molecule has 1 aliphatic rings. The second-order valence-corrected chi connectivity index (χ2v) is 34.6. The molecule has 1 aliphatic heterocycles. The fourth-order valence-corrected chi connectivity index (χ4v) is 26.6. The van der Waals surface area contributed by atoms with Crippen LogP contribution in [-0.2, 0) is 0 Å². The summed E-state index contributed by atoms with van der Waals surface area (Å²) in [4.78, 5) is 28.4. The summed E-state index contributed by atoms with van der Waals surface area (Å²) in [5, 5.41) is 54.0. The van der Waals surface area contributed by atoms with Crippen LogP contribution in [0.4, 0.5) is 0 Å². The molecule has 3 atom stereocenters. The second-order valence-electron chi connectivity index (χ2n) is 24.7. The summed E-state index contributed by atoms with van der Waals surface area (Å²) in [5.41, 5.74) is 0. The first-order chi connectivity index (χ1) is 53.0. The summed E-state index contributed by atoms with van der Waals surface area (Å²) in [6.07, 6.45) is 0. The van der Waals surface area contributed by atoms with Crippen LogP contribution in [0.3, 0.4) is 0 Å². The van der Waals surface area contributed by atoms with Gasteiger partial charge in [-0.3, -0.25) is 0 Å². The molecule has 0 saturated heterocycles. The molecule has 16 aromatic carbocycles. The summed E-state index contributed by atoms with van der Waals surface area (Å²) < 4.78 is 67.7. The van der Waals surface area contributed by atoms with Crippen molar-refractivity contribution in [3.8, 4) is 80.5 Å². The Morgan fingerprint density at radius 2 is 0.611 bits per heavy atom. The van der Waals surface area contributed by atoms with Crippen molar-refractivity contribution in [2.24, 2.45) is 4.52 Å². The van der Waals surface area contributed by atoms with Crippen LogP contribution >= 0.6 is 41.0 Å². The number of nitrogens with zero attached hydrogens (tertiary/aromatic N) is 4. The molecule has 0 radical (unpaired) electrons. The van der Waals surface area contributed by atoms with Crippen LogP contribution < -0.4 is 51.0 Å². The summed E-state index contributed by atoms with van der Waals surface area (Å²) in [6, 6.07) is 104. The van der Waals surface area contributed by atoms with Gasteiger partial charge < -0.3 is 0 Å². The topological polar surface area (TPSA) is 207 Å². The molecule has 19 nitrogen and oxygen atoms in total. The van der Waals surface area contributed by atoms with Crippen LogP contribution in [0.2, 0.25) is 0 Å². The zero-order valence-corrected chi connectivity index (χ0v) is 61.5. The van der Waals surface area contributed by atoms with Gasteiger partial charge in [0.1, 0.15) is 0 Å². The van der Waals surface area contributed by atoms with Gasteiger partial charge in [-0.25, -0.2) is 0 Å². The first-order valence-electron chi connectivity index (χ1n) is 34.1. The number of aromatic hydroxyl groups is 4. The normalized spacial score (nSPS) is 16.5. The van der Waals surface area contributed by atoms with E-state index in [0.29, 0.717) is 49.2 Å². The van der Waals surface area contributed by atoms with E-state index >= 15 is 0 Å². The molecule has 534 valence electrons. The zero-order valence-electron chi connectivity index (χ0n) is 56.9. The molecule has 0 fully saturated rings. The Kier molecular flexibility index (Phi) is 19.1. The van der Waals surface area contributed by atoms with Crippen LogP contribution in [0.25, 0.3) is 64.6 Å². The van der Waals surface area contributed by atoms with Gasteiger partial charge in [0.2, 0.25) is 0 Å². The molecule has 108 heavy (non-hydrogen) atoms. The van der Waals surface area contributed by atoms with Gasteiger partial charge in [0.25, 0.3) is 0 Å². The number of hydrogen-bond donors (Lipinski definition) is 5. The average Bonchev–Trinajstić information content (AvgIpc) is 0.676. The van der Waals surface area contributed by atoms with Crippen molar-refractivity contribution >= 4 is 106 Å². The van der Waals surface area contributed by atoms with E-state index in [4.69, 9.17) is 50.7 Å². The van der Waals surface area contributed by atoms with Gasteiger partial charge in [0.05, 0.1) is 0 Å². The van der Waals surface area contributed by atoms with Gasteiger partial charge >= 0.3 is 628 Å².